The number of rotatable bonds is 6. The highest BCUT2D eigenvalue weighted by Crippen LogP contribution is 2.26. The predicted molar refractivity (Wildman–Crippen MR) is 102 cm³/mol. The van der Waals surface area contributed by atoms with Gasteiger partial charge in [-0.05, 0) is 41.8 Å². The first-order chi connectivity index (χ1) is 12.1. The highest BCUT2D eigenvalue weighted by atomic mass is 32.2. The van der Waals surface area contributed by atoms with Crippen LogP contribution in [0.2, 0.25) is 0 Å². The first-order valence-corrected chi connectivity index (χ1v) is 9.70. The first kappa shape index (κ1) is 17.5. The summed E-state index contributed by atoms with van der Waals surface area (Å²) in [5.74, 6) is 0.0906. The number of nitrogens with zero attached hydrogens (tertiary/aromatic N) is 1. The van der Waals surface area contributed by atoms with Crippen molar-refractivity contribution in [2.24, 2.45) is 0 Å². The number of thiophene rings is 1. The molecule has 0 saturated carbocycles. The summed E-state index contributed by atoms with van der Waals surface area (Å²) in [7, 11) is 0. The van der Waals surface area contributed by atoms with Gasteiger partial charge >= 0.3 is 0 Å². The average molecular weight is 370 g/mol. The van der Waals surface area contributed by atoms with Crippen molar-refractivity contribution in [1.29, 1.82) is 0 Å². The number of carbonyl (C=O) groups excluding carboxylic acids is 1. The smallest absolute Gasteiger partial charge is 0.251 e. The van der Waals surface area contributed by atoms with E-state index in [1.807, 2.05) is 48.7 Å². The Morgan fingerprint density at radius 3 is 2.68 bits per heavy atom. The number of amides is 1. The van der Waals surface area contributed by atoms with Crippen molar-refractivity contribution >= 4 is 29.0 Å². The van der Waals surface area contributed by atoms with Crippen LogP contribution in [0.15, 0.2) is 71.2 Å². The summed E-state index contributed by atoms with van der Waals surface area (Å²) in [4.78, 5) is 13.5. The Hall–Kier alpha value is -2.31. The van der Waals surface area contributed by atoms with Crippen LogP contribution in [0, 0.1) is 12.1 Å². The fraction of sp³-hybridized carbons (Fsp3) is 0.158. The largest absolute Gasteiger partial charge is 0.618 e. The maximum atomic E-state index is 12.4. The van der Waals surface area contributed by atoms with Crippen molar-refractivity contribution in [2.75, 3.05) is 5.75 Å². The summed E-state index contributed by atoms with van der Waals surface area (Å²) < 4.78 is 0.772. The first-order valence-electron chi connectivity index (χ1n) is 7.84. The monoisotopic (exact) mass is 370 g/mol. The van der Waals surface area contributed by atoms with E-state index >= 15 is 0 Å². The van der Waals surface area contributed by atoms with Gasteiger partial charge in [-0.25, -0.2) is 0 Å². The van der Waals surface area contributed by atoms with Crippen LogP contribution in [-0.4, -0.2) is 11.7 Å². The second-order valence-electron chi connectivity index (χ2n) is 5.58. The molecular formula is C19H18N2O2S2. The molecule has 0 radical (unpaired) electrons. The van der Waals surface area contributed by atoms with E-state index in [2.05, 4.69) is 5.32 Å². The van der Waals surface area contributed by atoms with Crippen molar-refractivity contribution in [3.63, 3.8) is 0 Å². The molecule has 1 amide bonds. The van der Waals surface area contributed by atoms with Crippen LogP contribution < -0.4 is 10.0 Å². The lowest BCUT2D eigenvalue weighted by atomic mass is 10.0. The normalized spacial score (nSPS) is 11.9. The van der Waals surface area contributed by atoms with Gasteiger partial charge in [0.15, 0.2) is 6.20 Å². The van der Waals surface area contributed by atoms with Gasteiger partial charge in [-0.15, -0.1) is 11.3 Å². The molecule has 0 saturated heterocycles. The molecule has 0 bridgehead atoms. The second kappa shape index (κ2) is 8.18. The fourth-order valence-corrected chi connectivity index (χ4v) is 3.93. The van der Waals surface area contributed by atoms with Crippen molar-refractivity contribution in [3.8, 4) is 0 Å². The molecule has 4 nitrogen and oxygen atoms in total. The minimum absolute atomic E-state index is 0.104. The van der Waals surface area contributed by atoms with Crippen molar-refractivity contribution < 1.29 is 9.52 Å². The van der Waals surface area contributed by atoms with Crippen LogP contribution in [0.25, 0.3) is 0 Å². The van der Waals surface area contributed by atoms with Crippen LogP contribution >= 0.6 is 23.1 Å². The number of aryl methyl sites for hydroxylation is 1. The molecule has 0 aliphatic rings. The van der Waals surface area contributed by atoms with E-state index in [0.717, 1.165) is 15.2 Å². The van der Waals surface area contributed by atoms with E-state index in [9.17, 15) is 10.0 Å². The molecule has 25 heavy (non-hydrogen) atoms. The SMILES string of the molecule is Cc1ccc(C(NC(=O)CSc2cccc[n+]2[O-])c2cccs2)cc1. The number of hydrogen-bond donors (Lipinski definition) is 1. The van der Waals surface area contributed by atoms with Crippen LogP contribution in [0.1, 0.15) is 22.0 Å². The van der Waals surface area contributed by atoms with E-state index in [1.165, 1.54) is 23.5 Å². The molecule has 2 heterocycles. The third kappa shape index (κ3) is 4.61. The van der Waals surface area contributed by atoms with Gasteiger partial charge in [0.1, 0.15) is 0 Å². The van der Waals surface area contributed by atoms with E-state index in [1.54, 1.807) is 29.5 Å². The summed E-state index contributed by atoms with van der Waals surface area (Å²) in [6.45, 7) is 2.04. The number of benzene rings is 1. The lowest BCUT2D eigenvalue weighted by molar-refractivity contribution is -0.645. The Bertz CT molecular complexity index is 833. The summed E-state index contributed by atoms with van der Waals surface area (Å²) in [5.41, 5.74) is 2.23. The molecule has 1 aromatic carbocycles. The van der Waals surface area contributed by atoms with Crippen LogP contribution in [0.3, 0.4) is 0 Å². The third-order valence-corrected chi connectivity index (χ3v) is 5.64. The molecule has 3 rings (SSSR count). The number of pyridine rings is 1. The maximum Gasteiger partial charge on any atom is 0.251 e. The number of hydrogen-bond acceptors (Lipinski definition) is 4. The quantitative estimate of drug-likeness (QED) is 0.409. The zero-order chi connectivity index (χ0) is 17.6. The highest BCUT2D eigenvalue weighted by Gasteiger charge is 2.18. The number of nitrogens with one attached hydrogen (secondary N) is 1. The molecule has 0 aliphatic heterocycles. The van der Waals surface area contributed by atoms with Crippen LogP contribution in [0.5, 0.6) is 0 Å². The predicted octanol–water partition coefficient (Wildman–Crippen LogP) is 3.69. The Kier molecular flexibility index (Phi) is 5.73. The third-order valence-electron chi connectivity index (χ3n) is 3.68. The zero-order valence-electron chi connectivity index (χ0n) is 13.7. The lowest BCUT2D eigenvalue weighted by Crippen LogP contribution is -2.32. The van der Waals surface area contributed by atoms with E-state index in [-0.39, 0.29) is 17.7 Å². The van der Waals surface area contributed by atoms with E-state index in [0.29, 0.717) is 5.03 Å². The molecule has 1 N–H and O–H groups in total. The Morgan fingerprint density at radius 2 is 2.00 bits per heavy atom. The molecule has 3 aromatic rings. The van der Waals surface area contributed by atoms with Gasteiger partial charge in [-0.1, -0.05) is 35.9 Å². The minimum atomic E-state index is -0.177. The summed E-state index contributed by atoms with van der Waals surface area (Å²) in [5, 5.41) is 17.3. The molecule has 128 valence electrons. The zero-order valence-corrected chi connectivity index (χ0v) is 15.3. The summed E-state index contributed by atoms with van der Waals surface area (Å²) in [6.07, 6.45) is 1.43. The molecule has 1 atom stereocenters. The van der Waals surface area contributed by atoms with Gasteiger partial charge in [0.25, 0.3) is 5.03 Å². The van der Waals surface area contributed by atoms with Crippen molar-refractivity contribution in [1.82, 2.24) is 5.32 Å². The Labute approximate surface area is 155 Å². The molecule has 0 aliphatic carbocycles. The van der Waals surface area contributed by atoms with Crippen LogP contribution in [-0.2, 0) is 4.79 Å². The highest BCUT2D eigenvalue weighted by molar-refractivity contribution is 7.99. The van der Waals surface area contributed by atoms with Gasteiger partial charge in [-0.2, -0.15) is 4.73 Å². The molecule has 6 heteroatoms. The Morgan fingerprint density at radius 1 is 1.20 bits per heavy atom. The van der Waals surface area contributed by atoms with Gasteiger partial charge in [0.05, 0.1) is 11.8 Å². The topological polar surface area (TPSA) is 56.0 Å². The molecule has 2 aromatic heterocycles. The summed E-state index contributed by atoms with van der Waals surface area (Å²) >= 11 is 2.85. The number of aromatic nitrogens is 1. The Balaban J connectivity index is 1.71. The summed E-state index contributed by atoms with van der Waals surface area (Å²) in [6, 6.07) is 17.1. The van der Waals surface area contributed by atoms with Crippen LogP contribution in [0.4, 0.5) is 0 Å². The number of carbonyl (C=O) groups is 1. The van der Waals surface area contributed by atoms with Crippen molar-refractivity contribution in [3.05, 3.63) is 87.4 Å². The minimum Gasteiger partial charge on any atom is -0.618 e. The molecule has 1 unspecified atom stereocenters. The molecular weight excluding hydrogens is 352 g/mol. The fourth-order valence-electron chi connectivity index (χ4n) is 2.40. The lowest BCUT2D eigenvalue weighted by Gasteiger charge is -2.18. The van der Waals surface area contributed by atoms with Gasteiger partial charge in [0.2, 0.25) is 5.91 Å². The number of thioether (sulfide) groups is 1. The van der Waals surface area contributed by atoms with Gasteiger partial charge in [-0.3, -0.25) is 4.79 Å². The van der Waals surface area contributed by atoms with Gasteiger partial charge < -0.3 is 10.5 Å². The second-order valence-corrected chi connectivity index (χ2v) is 7.55. The average Bonchev–Trinajstić information content (AvgIpc) is 3.14. The van der Waals surface area contributed by atoms with Crippen molar-refractivity contribution in [2.45, 2.75) is 18.0 Å². The molecule has 0 fully saturated rings. The maximum absolute atomic E-state index is 12.4. The van der Waals surface area contributed by atoms with E-state index < -0.39 is 0 Å². The molecule has 0 spiro atoms. The van der Waals surface area contributed by atoms with Gasteiger partial charge in [0, 0.05) is 17.0 Å². The van der Waals surface area contributed by atoms with E-state index in [4.69, 9.17) is 0 Å². The standard InChI is InChI=1S/C19H18N2O2S2/c1-14-7-9-15(10-8-14)19(16-5-4-12-24-16)20-17(22)13-25-18-6-2-3-11-21(18)23/h2-12,19H,13H2,1H3,(H,20,22).